The normalized spacial score (nSPS) is 36.3. The number of benzene rings is 1. The first-order chi connectivity index (χ1) is 10.0. The molecule has 1 N–H and O–H groups in total. The number of amides is 1. The summed E-state index contributed by atoms with van der Waals surface area (Å²) in [6, 6.07) is 7.65. The maximum atomic E-state index is 12.7. The largest absolute Gasteiger partial charge is 0.481 e. The van der Waals surface area contributed by atoms with Crippen molar-refractivity contribution in [1.82, 2.24) is 0 Å². The van der Waals surface area contributed by atoms with Gasteiger partial charge in [0.1, 0.15) is 11.5 Å². The van der Waals surface area contributed by atoms with Crippen LogP contribution in [0.15, 0.2) is 36.4 Å². The molecule has 2 bridgehead atoms. The molecular weight excluding hydrogens is 270 g/mol. The molecule has 1 aromatic carbocycles. The fourth-order valence-electron chi connectivity index (χ4n) is 3.72. The maximum absolute atomic E-state index is 12.7. The van der Waals surface area contributed by atoms with E-state index in [0.29, 0.717) is 6.54 Å². The molecular formula is C16H15NO4. The molecule has 0 radical (unpaired) electrons. The minimum Gasteiger partial charge on any atom is -0.481 e. The van der Waals surface area contributed by atoms with E-state index in [0.717, 1.165) is 11.3 Å². The lowest BCUT2D eigenvalue weighted by Gasteiger charge is -2.21. The van der Waals surface area contributed by atoms with Gasteiger partial charge < -0.3 is 14.7 Å². The van der Waals surface area contributed by atoms with Crippen LogP contribution in [0.2, 0.25) is 0 Å². The lowest BCUT2D eigenvalue weighted by molar-refractivity contribution is -0.146. The summed E-state index contributed by atoms with van der Waals surface area (Å²) in [6.45, 7) is 2.37. The third-order valence-corrected chi connectivity index (χ3v) is 4.73. The summed E-state index contributed by atoms with van der Waals surface area (Å²) in [5, 5.41) is 9.41. The number of ether oxygens (including phenoxy) is 1. The fourth-order valence-corrected chi connectivity index (χ4v) is 3.72. The zero-order valence-corrected chi connectivity index (χ0v) is 11.5. The van der Waals surface area contributed by atoms with Crippen molar-refractivity contribution in [2.45, 2.75) is 18.6 Å². The third kappa shape index (κ3) is 1.55. The van der Waals surface area contributed by atoms with Gasteiger partial charge in [0, 0.05) is 5.69 Å². The maximum Gasteiger partial charge on any atom is 0.310 e. The summed E-state index contributed by atoms with van der Waals surface area (Å²) in [7, 11) is 0. The van der Waals surface area contributed by atoms with Crippen molar-refractivity contribution in [2.24, 2.45) is 11.8 Å². The van der Waals surface area contributed by atoms with Gasteiger partial charge in [-0.2, -0.15) is 0 Å². The van der Waals surface area contributed by atoms with E-state index in [9.17, 15) is 14.7 Å². The minimum atomic E-state index is -0.963. The molecule has 4 rings (SSSR count). The molecule has 5 heteroatoms. The first kappa shape index (κ1) is 12.6. The Morgan fingerprint density at radius 3 is 2.76 bits per heavy atom. The zero-order valence-electron chi connectivity index (χ0n) is 11.5. The van der Waals surface area contributed by atoms with Crippen LogP contribution < -0.4 is 4.90 Å². The molecule has 1 aromatic rings. The first-order valence-electron chi connectivity index (χ1n) is 7.00. The van der Waals surface area contributed by atoms with Crippen LogP contribution in [0.5, 0.6) is 0 Å². The van der Waals surface area contributed by atoms with Gasteiger partial charge in [0.2, 0.25) is 5.91 Å². The molecule has 2 fully saturated rings. The molecule has 21 heavy (non-hydrogen) atoms. The average Bonchev–Trinajstić information content (AvgIpc) is 3.08. The highest BCUT2D eigenvalue weighted by molar-refractivity contribution is 6.02. The molecule has 3 heterocycles. The summed E-state index contributed by atoms with van der Waals surface area (Å²) in [5.74, 6) is -2.52. The van der Waals surface area contributed by atoms with E-state index < -0.39 is 29.5 Å². The van der Waals surface area contributed by atoms with Crippen molar-refractivity contribution in [3.8, 4) is 0 Å². The van der Waals surface area contributed by atoms with Crippen molar-refractivity contribution < 1.29 is 19.4 Å². The molecule has 108 valence electrons. The van der Waals surface area contributed by atoms with Crippen LogP contribution >= 0.6 is 0 Å². The highest BCUT2D eigenvalue weighted by Gasteiger charge is 2.67. The molecule has 4 atom stereocenters. The van der Waals surface area contributed by atoms with Gasteiger partial charge in [-0.15, -0.1) is 0 Å². The number of rotatable bonds is 2. The molecule has 2 saturated heterocycles. The van der Waals surface area contributed by atoms with Crippen LogP contribution in [0.1, 0.15) is 5.56 Å². The summed E-state index contributed by atoms with van der Waals surface area (Å²) in [4.78, 5) is 25.8. The van der Waals surface area contributed by atoms with Crippen LogP contribution in [-0.2, 0) is 14.3 Å². The Hall–Kier alpha value is -2.14. The quantitative estimate of drug-likeness (QED) is 0.833. The lowest BCUT2D eigenvalue weighted by Crippen LogP contribution is -2.39. The van der Waals surface area contributed by atoms with Gasteiger partial charge in [0.15, 0.2) is 0 Å². The van der Waals surface area contributed by atoms with Gasteiger partial charge in [-0.1, -0.05) is 29.8 Å². The topological polar surface area (TPSA) is 66.8 Å². The molecule has 1 amide bonds. The molecule has 3 aliphatic rings. The van der Waals surface area contributed by atoms with Gasteiger partial charge in [-0.3, -0.25) is 9.59 Å². The number of fused-ring (bicyclic) bond motifs is 1. The Labute approximate surface area is 121 Å². The first-order valence-corrected chi connectivity index (χ1v) is 7.00. The highest BCUT2D eigenvalue weighted by Crippen LogP contribution is 2.52. The van der Waals surface area contributed by atoms with Crippen LogP contribution in [0.4, 0.5) is 5.69 Å². The van der Waals surface area contributed by atoms with E-state index in [4.69, 9.17) is 4.74 Å². The number of hydrogen-bond donors (Lipinski definition) is 1. The van der Waals surface area contributed by atoms with Crippen LogP contribution in [0, 0.1) is 18.8 Å². The highest BCUT2D eigenvalue weighted by atomic mass is 16.5. The SMILES string of the molecule is Cc1ccc(N2C[C@]34C=C[C@H](O3)[C@@H](C(=O)O)[C@H]4C2=O)cc1. The van der Waals surface area contributed by atoms with Gasteiger partial charge in [0.25, 0.3) is 0 Å². The van der Waals surface area contributed by atoms with E-state index in [-0.39, 0.29) is 5.91 Å². The fraction of sp³-hybridized carbons (Fsp3) is 0.375. The van der Waals surface area contributed by atoms with E-state index >= 15 is 0 Å². The summed E-state index contributed by atoms with van der Waals surface area (Å²) in [6.07, 6.45) is 3.17. The van der Waals surface area contributed by atoms with Crippen LogP contribution in [0.25, 0.3) is 0 Å². The smallest absolute Gasteiger partial charge is 0.310 e. The molecule has 0 unspecified atom stereocenters. The summed E-state index contributed by atoms with van der Waals surface area (Å²) >= 11 is 0. The van der Waals surface area contributed by atoms with Crippen molar-refractivity contribution in [2.75, 3.05) is 11.4 Å². The number of carboxylic acids is 1. The Balaban J connectivity index is 1.73. The van der Waals surface area contributed by atoms with E-state index in [1.165, 1.54) is 0 Å². The van der Waals surface area contributed by atoms with E-state index in [1.807, 2.05) is 37.3 Å². The molecule has 5 nitrogen and oxygen atoms in total. The minimum absolute atomic E-state index is 0.155. The number of aryl methyl sites for hydroxylation is 1. The zero-order chi connectivity index (χ0) is 14.8. The Kier molecular flexibility index (Phi) is 2.37. The summed E-state index contributed by atoms with van der Waals surface area (Å²) < 4.78 is 5.85. The Bertz CT molecular complexity index is 665. The lowest BCUT2D eigenvalue weighted by atomic mass is 9.77. The van der Waals surface area contributed by atoms with E-state index in [2.05, 4.69) is 0 Å². The standard InChI is InChI=1S/C16H15NO4/c1-9-2-4-10(5-3-9)17-8-16-7-6-11(21-16)12(15(19)20)13(16)14(17)18/h2-7,11-13H,8H2,1H3,(H,19,20)/t11-,12+,13-,16-/m0/s1. The molecule has 0 saturated carbocycles. The van der Waals surface area contributed by atoms with Crippen LogP contribution in [0.3, 0.4) is 0 Å². The second-order valence-corrected chi connectivity index (χ2v) is 6.00. The molecule has 1 spiro atoms. The Morgan fingerprint density at radius 1 is 1.38 bits per heavy atom. The number of carboxylic acid groups (broad SMARTS) is 1. The van der Waals surface area contributed by atoms with Gasteiger partial charge in [-0.25, -0.2) is 0 Å². The van der Waals surface area contributed by atoms with Crippen molar-refractivity contribution in [3.63, 3.8) is 0 Å². The van der Waals surface area contributed by atoms with Gasteiger partial charge >= 0.3 is 5.97 Å². The monoisotopic (exact) mass is 285 g/mol. The number of nitrogens with zero attached hydrogens (tertiary/aromatic N) is 1. The predicted molar refractivity (Wildman–Crippen MR) is 74.9 cm³/mol. The van der Waals surface area contributed by atoms with Crippen molar-refractivity contribution in [1.29, 1.82) is 0 Å². The number of aliphatic carboxylic acids is 1. The van der Waals surface area contributed by atoms with E-state index in [1.54, 1.807) is 11.0 Å². The Morgan fingerprint density at radius 2 is 2.10 bits per heavy atom. The number of anilines is 1. The van der Waals surface area contributed by atoms with Gasteiger partial charge in [-0.05, 0) is 19.1 Å². The third-order valence-electron chi connectivity index (χ3n) is 4.73. The number of carbonyl (C=O) groups is 2. The molecule has 0 aromatic heterocycles. The molecule has 0 aliphatic carbocycles. The second-order valence-electron chi connectivity index (χ2n) is 6.00. The summed E-state index contributed by atoms with van der Waals surface area (Å²) in [5.41, 5.74) is 1.14. The average molecular weight is 285 g/mol. The second kappa shape index (κ2) is 3.95. The predicted octanol–water partition coefficient (Wildman–Crippen LogP) is 1.37. The van der Waals surface area contributed by atoms with Crippen molar-refractivity contribution in [3.05, 3.63) is 42.0 Å². The van der Waals surface area contributed by atoms with Gasteiger partial charge in [0.05, 0.1) is 18.6 Å². The molecule has 3 aliphatic heterocycles. The number of carbonyl (C=O) groups excluding carboxylic acids is 1. The van der Waals surface area contributed by atoms with Crippen LogP contribution in [-0.4, -0.2) is 35.2 Å². The number of hydrogen-bond acceptors (Lipinski definition) is 3. The van der Waals surface area contributed by atoms with Crippen molar-refractivity contribution >= 4 is 17.6 Å².